The molecule has 232 valence electrons. The van der Waals surface area contributed by atoms with E-state index in [0.717, 1.165) is 65.8 Å². The quantitative estimate of drug-likeness (QED) is 0.316. The highest BCUT2D eigenvalue weighted by atomic mass is 16.6. The van der Waals surface area contributed by atoms with Crippen LogP contribution in [0.1, 0.15) is 62.3 Å². The molecule has 0 atom stereocenters. The van der Waals surface area contributed by atoms with Crippen molar-refractivity contribution in [1.82, 2.24) is 0 Å². The van der Waals surface area contributed by atoms with E-state index in [1.165, 1.54) is 0 Å². The van der Waals surface area contributed by atoms with Crippen LogP contribution in [0.3, 0.4) is 0 Å². The van der Waals surface area contributed by atoms with Crippen molar-refractivity contribution in [2.75, 3.05) is 0 Å². The second-order valence-electron chi connectivity index (χ2n) is 7.78. The predicted molar refractivity (Wildman–Crippen MR) is 138 cm³/mol. The van der Waals surface area contributed by atoms with Crippen LogP contribution in [-0.2, 0) is 28.8 Å². The van der Waals surface area contributed by atoms with Gasteiger partial charge in [0.25, 0.3) is 0 Å². The molecule has 2 rings (SSSR count). The van der Waals surface area contributed by atoms with Gasteiger partial charge >= 0.3 is 47.8 Å². The Kier molecular flexibility index (Phi) is 14.2. The van der Waals surface area contributed by atoms with Crippen LogP contribution in [0.4, 0.5) is 0 Å². The lowest BCUT2D eigenvalue weighted by Gasteiger charge is -2.13. The maximum absolute atomic E-state index is 11.1. The van der Waals surface area contributed by atoms with Crippen molar-refractivity contribution < 1.29 is 82.5 Å². The second kappa shape index (κ2) is 16.4. The Morgan fingerprint density at radius 2 is 0.605 bits per heavy atom. The molecule has 0 aliphatic rings. The average molecular weight is 610 g/mol. The van der Waals surface area contributed by atoms with E-state index in [2.05, 4.69) is 0 Å². The number of rotatable bonds is 8. The first-order chi connectivity index (χ1) is 19.4. The van der Waals surface area contributed by atoms with Gasteiger partial charge in [0.2, 0.25) is 11.5 Å². The van der Waals surface area contributed by atoms with Gasteiger partial charge in [-0.3, -0.25) is 28.8 Å². The Morgan fingerprint density at radius 3 is 0.744 bits per heavy atom. The number of carboxylic acid groups (broad SMARTS) is 2. The van der Waals surface area contributed by atoms with Crippen LogP contribution in [0, 0.1) is 0 Å². The highest BCUT2D eigenvalue weighted by Gasteiger charge is 2.23. The fraction of sp³-hybridized carbons (Fsp3) is 0.231. The third-order valence-electron chi connectivity index (χ3n) is 4.04. The van der Waals surface area contributed by atoms with Crippen LogP contribution in [0.5, 0.6) is 34.5 Å². The van der Waals surface area contributed by atoms with Gasteiger partial charge in [0.05, 0.1) is 11.1 Å². The van der Waals surface area contributed by atoms with Crippen LogP contribution in [-0.4, -0.2) is 63.4 Å². The van der Waals surface area contributed by atoms with Gasteiger partial charge in [0.15, 0.2) is 23.0 Å². The molecule has 17 nitrogen and oxygen atoms in total. The molecule has 0 saturated carbocycles. The fourth-order valence-electron chi connectivity index (χ4n) is 2.81. The van der Waals surface area contributed by atoms with Crippen LogP contribution >= 0.6 is 0 Å². The van der Waals surface area contributed by atoms with E-state index in [1.807, 2.05) is 0 Å². The molecule has 0 heterocycles. The summed E-state index contributed by atoms with van der Waals surface area (Å²) in [4.78, 5) is 88.4. The number of benzene rings is 2. The summed E-state index contributed by atoms with van der Waals surface area (Å²) >= 11 is 0. The van der Waals surface area contributed by atoms with Gasteiger partial charge in [-0.2, -0.15) is 0 Å². The van der Waals surface area contributed by atoms with Crippen molar-refractivity contribution in [2.45, 2.75) is 41.5 Å². The lowest BCUT2D eigenvalue weighted by Crippen LogP contribution is -2.12. The number of hydrogen-bond acceptors (Lipinski definition) is 14. The first-order valence-corrected chi connectivity index (χ1v) is 11.3. The summed E-state index contributed by atoms with van der Waals surface area (Å²) in [7, 11) is 0. The smallest absolute Gasteiger partial charge is 0.335 e. The molecule has 0 aliphatic heterocycles. The minimum Gasteiger partial charge on any atom is -0.478 e. The summed E-state index contributed by atoms with van der Waals surface area (Å²) in [6.45, 7) is 6.49. The lowest BCUT2D eigenvalue weighted by molar-refractivity contribution is -0.135. The minimum atomic E-state index is -1.34. The van der Waals surface area contributed by atoms with Crippen molar-refractivity contribution >= 4 is 47.8 Å². The van der Waals surface area contributed by atoms with E-state index in [0.29, 0.717) is 0 Å². The zero-order valence-corrected chi connectivity index (χ0v) is 23.4. The Bertz CT molecular complexity index is 1270. The topological polar surface area (TPSA) is 264 Å². The van der Waals surface area contributed by atoms with E-state index >= 15 is 0 Å². The van der Waals surface area contributed by atoms with E-state index in [4.69, 9.17) is 38.6 Å². The summed E-state index contributed by atoms with van der Waals surface area (Å²) in [5.41, 5.74) is -0.614. The minimum absolute atomic E-state index is 0. The number of esters is 6. The van der Waals surface area contributed by atoms with Gasteiger partial charge in [-0.15, -0.1) is 0 Å². The largest absolute Gasteiger partial charge is 0.478 e. The Hall–Kier alpha value is -5.84. The van der Waals surface area contributed by atoms with Crippen molar-refractivity contribution in [3.05, 3.63) is 35.4 Å². The number of carbonyl (C=O) groups is 8. The van der Waals surface area contributed by atoms with Crippen LogP contribution in [0.15, 0.2) is 24.3 Å². The van der Waals surface area contributed by atoms with Crippen LogP contribution < -0.4 is 28.4 Å². The first kappa shape index (κ1) is 37.2. The third kappa shape index (κ3) is 12.5. The molecule has 2 aromatic rings. The predicted octanol–water partition coefficient (Wildman–Crippen LogP) is 1.50. The molecule has 0 unspecified atom stereocenters. The monoisotopic (exact) mass is 610 g/mol. The molecular formula is C26H26O17. The Balaban J connectivity index is 0.000000802. The van der Waals surface area contributed by atoms with Gasteiger partial charge in [-0.05, 0) is 24.3 Å². The fourth-order valence-corrected chi connectivity index (χ4v) is 2.81. The summed E-state index contributed by atoms with van der Waals surface area (Å²) < 4.78 is 28.8. The van der Waals surface area contributed by atoms with Gasteiger partial charge < -0.3 is 44.1 Å². The number of ether oxygens (including phenoxy) is 6. The standard InChI is InChI=1S/2C13H12O8.H2O/c2*1-6(14)19-10-4-9(13(17)18)5-11(20-7(2)15)12(10)21-8(3)16;/h2*4-5H,1-3H3,(H,17,18);1H2. The normalized spacial score (nSPS) is 9.44. The molecule has 0 bridgehead atoms. The molecule has 0 aromatic heterocycles. The molecule has 43 heavy (non-hydrogen) atoms. The second-order valence-corrected chi connectivity index (χ2v) is 7.78. The molecule has 0 saturated heterocycles. The molecule has 0 amide bonds. The molecule has 0 aliphatic carbocycles. The molecular weight excluding hydrogens is 584 g/mol. The van der Waals surface area contributed by atoms with Gasteiger partial charge in [0.1, 0.15) is 0 Å². The number of hydrogen-bond donors (Lipinski definition) is 2. The average Bonchev–Trinajstić information content (AvgIpc) is 2.81. The molecule has 0 spiro atoms. The molecule has 0 fully saturated rings. The first-order valence-electron chi connectivity index (χ1n) is 11.3. The number of carboxylic acids is 2. The maximum atomic E-state index is 11.1. The zero-order chi connectivity index (χ0) is 32.3. The SMILES string of the molecule is CC(=O)Oc1cc(C(=O)O)cc(OC(C)=O)c1OC(C)=O.CC(=O)Oc1cc(C(=O)O)cc(OC(C)=O)c1OC(C)=O.O. The lowest BCUT2D eigenvalue weighted by atomic mass is 10.2. The van der Waals surface area contributed by atoms with Crippen LogP contribution in [0.2, 0.25) is 0 Å². The summed E-state index contributed by atoms with van der Waals surface area (Å²) in [6, 6.07) is 3.92. The van der Waals surface area contributed by atoms with Gasteiger partial charge in [0, 0.05) is 41.5 Å². The van der Waals surface area contributed by atoms with Gasteiger partial charge in [-0.1, -0.05) is 0 Å². The highest BCUT2D eigenvalue weighted by Crippen LogP contribution is 2.40. The molecule has 2 aromatic carbocycles. The number of aromatic carboxylic acids is 2. The Labute approximate surface area is 242 Å². The number of carbonyl (C=O) groups excluding carboxylic acids is 6. The summed E-state index contributed by atoms with van der Waals surface area (Å²) in [5, 5.41) is 18.0. The third-order valence-corrected chi connectivity index (χ3v) is 4.04. The van der Waals surface area contributed by atoms with Crippen molar-refractivity contribution in [1.29, 1.82) is 0 Å². The van der Waals surface area contributed by atoms with Crippen molar-refractivity contribution in [3.8, 4) is 34.5 Å². The molecule has 17 heteroatoms. The molecule has 4 N–H and O–H groups in total. The van der Waals surface area contributed by atoms with E-state index in [1.54, 1.807) is 0 Å². The van der Waals surface area contributed by atoms with Crippen molar-refractivity contribution in [3.63, 3.8) is 0 Å². The Morgan fingerprint density at radius 1 is 0.419 bits per heavy atom. The molecule has 0 radical (unpaired) electrons. The van der Waals surface area contributed by atoms with Gasteiger partial charge in [-0.25, -0.2) is 9.59 Å². The van der Waals surface area contributed by atoms with E-state index in [9.17, 15) is 38.4 Å². The van der Waals surface area contributed by atoms with E-state index in [-0.39, 0.29) is 51.1 Å². The summed E-state index contributed by atoms with van der Waals surface area (Å²) in [5.74, 6) is -9.32. The van der Waals surface area contributed by atoms with Crippen molar-refractivity contribution in [2.24, 2.45) is 0 Å². The van der Waals surface area contributed by atoms with Crippen LogP contribution in [0.25, 0.3) is 0 Å². The van der Waals surface area contributed by atoms with E-state index < -0.39 is 47.8 Å². The highest BCUT2D eigenvalue weighted by molar-refractivity contribution is 5.92. The zero-order valence-electron chi connectivity index (χ0n) is 23.4. The summed E-state index contributed by atoms with van der Waals surface area (Å²) in [6.07, 6.45) is 0. The maximum Gasteiger partial charge on any atom is 0.335 e.